The van der Waals surface area contributed by atoms with Gasteiger partial charge in [0.2, 0.25) is 0 Å². The van der Waals surface area contributed by atoms with Gasteiger partial charge in [-0.15, -0.1) is 11.8 Å². The van der Waals surface area contributed by atoms with Gasteiger partial charge in [0.1, 0.15) is 17.3 Å². The van der Waals surface area contributed by atoms with E-state index in [9.17, 15) is 18.7 Å². The van der Waals surface area contributed by atoms with Gasteiger partial charge in [0.05, 0.1) is 13.2 Å². The van der Waals surface area contributed by atoms with Crippen molar-refractivity contribution in [2.24, 2.45) is 0 Å². The first kappa shape index (κ1) is 39.7. The summed E-state index contributed by atoms with van der Waals surface area (Å²) < 4.78 is 23.5. The SMILES string of the molecule is O=C(CCSCSCCC[S+]([O-])CSCSCSC(=O)CCSCSCCC[S+]([O-])CCO)SCCO. The van der Waals surface area contributed by atoms with Gasteiger partial charge in [0, 0.05) is 63.3 Å². The van der Waals surface area contributed by atoms with Crippen molar-refractivity contribution in [3.8, 4) is 0 Å². The second-order valence-corrected chi connectivity index (χ2v) is 20.7. The molecule has 0 aromatic carbocycles. The molecule has 0 aromatic rings. The summed E-state index contributed by atoms with van der Waals surface area (Å²) in [5.41, 5.74) is 0. The number of aliphatic hydroxyl groups excluding tert-OH is 2. The van der Waals surface area contributed by atoms with E-state index in [1.165, 1.54) is 23.5 Å². The zero-order valence-corrected chi connectivity index (χ0v) is 29.2. The molecule has 2 N–H and O–H groups in total. The fraction of sp³-hybridized carbons (Fsp3) is 0.905. The van der Waals surface area contributed by atoms with E-state index in [-0.39, 0.29) is 23.4 Å². The highest BCUT2D eigenvalue weighted by Crippen LogP contribution is 2.22. The lowest BCUT2D eigenvalue weighted by Gasteiger charge is -2.10. The van der Waals surface area contributed by atoms with Crippen molar-refractivity contribution in [1.29, 1.82) is 0 Å². The monoisotopic (exact) mass is 708 g/mol. The van der Waals surface area contributed by atoms with Crippen molar-refractivity contribution in [2.75, 3.05) is 84.7 Å². The second-order valence-electron chi connectivity index (χ2n) is 7.01. The maximum absolute atomic E-state index is 12.1. The normalized spacial score (nSPS) is 13.1. The Kier molecular flexibility index (Phi) is 33.9. The van der Waals surface area contributed by atoms with Crippen molar-refractivity contribution >= 4 is 127 Å². The molecule has 0 aliphatic heterocycles. The molecule has 220 valence electrons. The first-order chi connectivity index (χ1) is 18.0. The molecule has 0 bridgehead atoms. The molecular formula is C21H40O6S10. The lowest BCUT2D eigenvalue weighted by Crippen LogP contribution is -2.14. The molecule has 2 atom stereocenters. The van der Waals surface area contributed by atoms with Gasteiger partial charge in [0.25, 0.3) is 0 Å². The summed E-state index contributed by atoms with van der Waals surface area (Å²) in [5, 5.41) is 21.9. The standard InChI is InChI=1S/C21H40O6S10/c22-5-11-34-20(24)3-9-30-16-29-8-2-13-37(27)19-33-17-32-18-35-21(25)4-10-31-15-28-7-1-12-36(26)14-6-23/h22-23H,1-19H2. The predicted molar refractivity (Wildman–Crippen MR) is 183 cm³/mol. The Morgan fingerprint density at radius 3 is 1.70 bits per heavy atom. The molecule has 0 aliphatic carbocycles. The topological polar surface area (TPSA) is 121 Å². The Bertz CT molecular complexity index is 538. The van der Waals surface area contributed by atoms with Crippen molar-refractivity contribution in [3.63, 3.8) is 0 Å². The average Bonchev–Trinajstić information content (AvgIpc) is 2.88. The number of hydrogen-bond donors (Lipinski definition) is 2. The zero-order valence-electron chi connectivity index (χ0n) is 21.0. The van der Waals surface area contributed by atoms with E-state index in [1.54, 1.807) is 58.8 Å². The largest absolute Gasteiger partial charge is 0.616 e. The molecule has 37 heavy (non-hydrogen) atoms. The zero-order chi connectivity index (χ0) is 27.4. The van der Waals surface area contributed by atoms with E-state index in [0.29, 0.717) is 35.2 Å². The third kappa shape index (κ3) is 31.4. The van der Waals surface area contributed by atoms with Crippen LogP contribution in [0.1, 0.15) is 25.7 Å². The quantitative estimate of drug-likeness (QED) is 0.0662. The first-order valence-corrected chi connectivity index (χ1v) is 23.6. The van der Waals surface area contributed by atoms with Gasteiger partial charge in [-0.3, -0.25) is 9.59 Å². The molecular weight excluding hydrogens is 669 g/mol. The average molecular weight is 709 g/mol. The van der Waals surface area contributed by atoms with Gasteiger partial charge >= 0.3 is 0 Å². The first-order valence-electron chi connectivity index (χ1n) is 11.7. The highest BCUT2D eigenvalue weighted by molar-refractivity contribution is 8.28. The highest BCUT2D eigenvalue weighted by Gasteiger charge is 2.08. The fourth-order valence-electron chi connectivity index (χ4n) is 2.20. The van der Waals surface area contributed by atoms with Crippen molar-refractivity contribution < 1.29 is 28.9 Å². The molecule has 16 heteroatoms. The summed E-state index contributed by atoms with van der Waals surface area (Å²) in [5.74, 6) is 5.80. The van der Waals surface area contributed by atoms with Gasteiger partial charge in [-0.25, -0.2) is 0 Å². The number of carbonyl (C=O) groups excluding carboxylic acids is 2. The van der Waals surface area contributed by atoms with Gasteiger partial charge in [-0.1, -0.05) is 46.5 Å². The molecule has 0 spiro atoms. The van der Waals surface area contributed by atoms with Gasteiger partial charge < -0.3 is 19.3 Å². The van der Waals surface area contributed by atoms with Crippen LogP contribution >= 0.6 is 94.1 Å². The molecule has 6 nitrogen and oxygen atoms in total. The second kappa shape index (κ2) is 31.6. The van der Waals surface area contributed by atoms with Crippen LogP contribution in [0.25, 0.3) is 0 Å². The molecule has 0 fully saturated rings. The molecule has 0 radical (unpaired) electrons. The highest BCUT2D eigenvalue weighted by atomic mass is 32.3. The van der Waals surface area contributed by atoms with Crippen LogP contribution in [-0.2, 0) is 31.9 Å². The van der Waals surface area contributed by atoms with Crippen LogP contribution in [0, 0.1) is 0 Å². The van der Waals surface area contributed by atoms with Crippen LogP contribution in [0.4, 0.5) is 0 Å². The minimum absolute atomic E-state index is 0.0128. The van der Waals surface area contributed by atoms with E-state index in [4.69, 9.17) is 10.2 Å². The maximum Gasteiger partial charge on any atom is 0.190 e. The lowest BCUT2D eigenvalue weighted by molar-refractivity contribution is -0.111. The van der Waals surface area contributed by atoms with E-state index in [1.807, 2.05) is 11.8 Å². The van der Waals surface area contributed by atoms with Crippen molar-refractivity contribution in [1.82, 2.24) is 0 Å². The van der Waals surface area contributed by atoms with Crippen LogP contribution in [0.2, 0.25) is 0 Å². The molecule has 2 unspecified atom stereocenters. The Morgan fingerprint density at radius 1 is 0.568 bits per heavy atom. The van der Waals surface area contributed by atoms with Gasteiger partial charge in [-0.2, -0.15) is 47.0 Å². The molecule has 0 heterocycles. The van der Waals surface area contributed by atoms with Crippen LogP contribution in [0.3, 0.4) is 0 Å². The fourth-order valence-corrected chi connectivity index (χ4v) is 13.5. The lowest BCUT2D eigenvalue weighted by atomic mass is 10.5. The van der Waals surface area contributed by atoms with E-state index < -0.39 is 22.4 Å². The van der Waals surface area contributed by atoms with Gasteiger partial charge in [0.15, 0.2) is 15.3 Å². The molecule has 0 saturated carbocycles. The minimum Gasteiger partial charge on any atom is -0.616 e. The van der Waals surface area contributed by atoms with Crippen molar-refractivity contribution in [2.45, 2.75) is 25.7 Å². The van der Waals surface area contributed by atoms with E-state index in [2.05, 4.69) is 0 Å². The summed E-state index contributed by atoms with van der Waals surface area (Å²) in [6.45, 7) is 0.0296. The number of carbonyl (C=O) groups is 2. The summed E-state index contributed by atoms with van der Waals surface area (Å²) in [6.07, 6.45) is 2.95. The summed E-state index contributed by atoms with van der Waals surface area (Å²) >= 11 is 11.4. The molecule has 0 saturated heterocycles. The van der Waals surface area contributed by atoms with Crippen LogP contribution in [-0.4, -0.2) is 114 Å². The summed E-state index contributed by atoms with van der Waals surface area (Å²) in [6, 6.07) is 0. The molecule has 0 aliphatic rings. The van der Waals surface area contributed by atoms with E-state index >= 15 is 0 Å². The number of thioether (sulfide) groups is 8. The van der Waals surface area contributed by atoms with Crippen LogP contribution < -0.4 is 0 Å². The minimum atomic E-state index is -0.899. The van der Waals surface area contributed by atoms with Gasteiger partial charge in [-0.05, 0) is 22.7 Å². The number of rotatable bonds is 28. The number of aliphatic hydroxyl groups is 2. The van der Waals surface area contributed by atoms with E-state index in [0.717, 1.165) is 61.9 Å². The molecule has 0 amide bonds. The predicted octanol–water partition coefficient (Wildman–Crippen LogP) is 4.74. The Labute approximate surface area is 263 Å². The maximum atomic E-state index is 12.1. The third-order valence-corrected chi connectivity index (χ3v) is 16.5. The smallest absolute Gasteiger partial charge is 0.190 e. The van der Waals surface area contributed by atoms with Crippen LogP contribution in [0.15, 0.2) is 0 Å². The Balaban J connectivity index is 3.34. The molecule has 0 aromatic heterocycles. The number of hydrogen-bond acceptors (Lipinski definition) is 14. The Hall–Kier alpha value is 2.68. The summed E-state index contributed by atoms with van der Waals surface area (Å²) in [4.78, 5) is 23.4. The Morgan fingerprint density at radius 2 is 1.11 bits per heavy atom. The summed E-state index contributed by atoms with van der Waals surface area (Å²) in [7, 11) is 0. The van der Waals surface area contributed by atoms with Crippen molar-refractivity contribution in [3.05, 3.63) is 0 Å². The molecule has 0 rings (SSSR count). The van der Waals surface area contributed by atoms with Crippen LogP contribution in [0.5, 0.6) is 0 Å². The third-order valence-electron chi connectivity index (χ3n) is 3.91.